The van der Waals surface area contributed by atoms with Crippen LogP contribution < -0.4 is 11.1 Å². The van der Waals surface area contributed by atoms with Crippen molar-refractivity contribution in [1.82, 2.24) is 10.2 Å². The highest BCUT2D eigenvalue weighted by molar-refractivity contribution is 7.17. The van der Waals surface area contributed by atoms with E-state index in [0.29, 0.717) is 41.6 Å². The smallest absolute Gasteiger partial charge is 0.199 e. The van der Waals surface area contributed by atoms with Crippen molar-refractivity contribution in [3.8, 4) is 6.07 Å². The zero-order valence-electron chi connectivity index (χ0n) is 23.0. The lowest BCUT2D eigenvalue weighted by atomic mass is 9.78. The first kappa shape index (κ1) is 27.4. The lowest BCUT2D eigenvalue weighted by Gasteiger charge is -2.33. The maximum Gasteiger partial charge on any atom is 0.199 e. The summed E-state index contributed by atoms with van der Waals surface area (Å²) in [6.45, 7) is 10.0. The number of anilines is 1. The molecule has 39 heavy (non-hydrogen) atoms. The maximum absolute atomic E-state index is 16.9. The Kier molecular flexibility index (Phi) is 7.79. The second-order valence-corrected chi connectivity index (χ2v) is 11.5. The van der Waals surface area contributed by atoms with Crippen LogP contribution in [-0.2, 0) is 4.74 Å². The number of rotatable bonds is 6. The third-order valence-corrected chi connectivity index (χ3v) is 9.17. The van der Waals surface area contributed by atoms with Crippen LogP contribution in [0.25, 0.3) is 11.4 Å². The SMILES string of the molecule is C/C=C(/F)c1sc(N)c(C#N)c1/C(C1=C(F)C2N=C(N3CCC(CCC)C3)NC=C2C2=C1COC2)=C(\C)CC. The fraction of sp³-hybridized carbons (Fsp3) is 0.467. The zero-order chi connectivity index (χ0) is 27.8. The van der Waals surface area contributed by atoms with Gasteiger partial charge in [-0.25, -0.2) is 13.8 Å². The first-order chi connectivity index (χ1) is 18.8. The molecule has 0 saturated carbocycles. The van der Waals surface area contributed by atoms with E-state index in [0.717, 1.165) is 59.6 Å². The van der Waals surface area contributed by atoms with Gasteiger partial charge in [0, 0.05) is 36.0 Å². The topological polar surface area (TPSA) is 86.7 Å². The number of ether oxygens (including phenoxy) is 1. The number of nitrogens with two attached hydrogens (primary N) is 1. The van der Waals surface area contributed by atoms with Crippen LogP contribution in [0.3, 0.4) is 0 Å². The normalized spacial score (nSPS) is 23.7. The van der Waals surface area contributed by atoms with Crippen LogP contribution in [0.2, 0.25) is 0 Å². The minimum atomic E-state index is -0.835. The Morgan fingerprint density at radius 3 is 2.82 bits per heavy atom. The van der Waals surface area contributed by atoms with Crippen LogP contribution >= 0.6 is 11.3 Å². The number of allylic oxidation sites excluding steroid dienone is 3. The molecular formula is C30H35F2N5OS. The number of nitrogens with zero attached hydrogens (tertiary/aromatic N) is 3. The van der Waals surface area contributed by atoms with Gasteiger partial charge in [0.05, 0.1) is 23.7 Å². The molecule has 6 nitrogen and oxygen atoms in total. The highest BCUT2D eigenvalue weighted by atomic mass is 32.1. The quantitative estimate of drug-likeness (QED) is 0.415. The van der Waals surface area contributed by atoms with Crippen molar-refractivity contribution in [2.24, 2.45) is 10.9 Å². The average Bonchev–Trinajstić information content (AvgIpc) is 3.69. The molecule has 0 radical (unpaired) electrons. The standard InChI is InChI=1S/C30H35F2N5OS/c1-5-8-17-9-10-37(13-17)30-35-12-19-20-14-38-15-21(20)24(26(32)27(19)36-30)23(16(4)6-2)25-18(11-33)29(34)39-28(25)22(31)7-3/h7,12,17,27H,5-6,8-10,13-15,34H2,1-4H3,(H,35,36)/b22-7+,23-16+. The summed E-state index contributed by atoms with van der Waals surface area (Å²) in [5.74, 6) is 0.393. The van der Waals surface area contributed by atoms with Crippen molar-refractivity contribution in [2.45, 2.75) is 59.4 Å². The van der Waals surface area contributed by atoms with Gasteiger partial charge in [0.15, 0.2) is 5.96 Å². The number of nitrogen functional groups attached to an aromatic ring is 1. The second-order valence-electron chi connectivity index (χ2n) is 10.5. The molecule has 2 atom stereocenters. The number of nitriles is 1. The van der Waals surface area contributed by atoms with Gasteiger partial charge in [-0.2, -0.15) is 5.26 Å². The summed E-state index contributed by atoms with van der Waals surface area (Å²) in [4.78, 5) is 7.35. The number of aliphatic imine (C=N–C) groups is 1. The number of guanidine groups is 1. The summed E-state index contributed by atoms with van der Waals surface area (Å²) in [7, 11) is 0. The van der Waals surface area contributed by atoms with E-state index in [1.54, 1.807) is 6.92 Å². The van der Waals surface area contributed by atoms with Crippen molar-refractivity contribution < 1.29 is 13.5 Å². The summed E-state index contributed by atoms with van der Waals surface area (Å²) in [6.07, 6.45) is 7.20. The third kappa shape index (κ3) is 4.64. The van der Waals surface area contributed by atoms with E-state index in [1.807, 2.05) is 20.0 Å². The number of thiophene rings is 1. The molecule has 1 aromatic rings. The molecule has 4 heterocycles. The molecule has 0 aromatic carbocycles. The Balaban J connectivity index is 1.68. The van der Waals surface area contributed by atoms with Crippen LogP contribution in [0.15, 0.2) is 51.0 Å². The molecule has 0 spiro atoms. The van der Waals surface area contributed by atoms with Gasteiger partial charge in [0.25, 0.3) is 0 Å². The number of likely N-dealkylation sites (tertiary alicyclic amines) is 1. The molecule has 206 valence electrons. The van der Waals surface area contributed by atoms with E-state index in [1.165, 1.54) is 12.5 Å². The maximum atomic E-state index is 16.9. The minimum Gasteiger partial charge on any atom is -0.389 e. The van der Waals surface area contributed by atoms with E-state index >= 15 is 8.78 Å². The van der Waals surface area contributed by atoms with E-state index in [-0.39, 0.29) is 22.0 Å². The summed E-state index contributed by atoms with van der Waals surface area (Å²) in [5, 5.41) is 13.6. The molecule has 5 rings (SSSR count). The van der Waals surface area contributed by atoms with Crippen LogP contribution in [0.1, 0.15) is 69.4 Å². The predicted molar refractivity (Wildman–Crippen MR) is 154 cm³/mol. The molecule has 0 amide bonds. The second kappa shape index (κ2) is 11.1. The van der Waals surface area contributed by atoms with Gasteiger partial charge in [-0.3, -0.25) is 0 Å². The number of fused-ring (bicyclic) bond motifs is 2. The van der Waals surface area contributed by atoms with Crippen molar-refractivity contribution in [3.05, 3.63) is 62.0 Å². The lowest BCUT2D eigenvalue weighted by Crippen LogP contribution is -2.42. The highest BCUT2D eigenvalue weighted by Gasteiger charge is 2.41. The molecule has 9 heteroatoms. The molecule has 1 saturated heterocycles. The Hall–Kier alpha value is -3.22. The largest absolute Gasteiger partial charge is 0.389 e. The number of nitrogens with one attached hydrogen (secondary N) is 1. The van der Waals surface area contributed by atoms with Crippen molar-refractivity contribution in [2.75, 3.05) is 32.0 Å². The van der Waals surface area contributed by atoms with Crippen molar-refractivity contribution >= 4 is 33.7 Å². The van der Waals surface area contributed by atoms with Gasteiger partial charge in [-0.05, 0) is 55.7 Å². The third-order valence-electron chi connectivity index (χ3n) is 8.15. The highest BCUT2D eigenvalue weighted by Crippen LogP contribution is 2.51. The molecule has 3 aliphatic heterocycles. The zero-order valence-corrected chi connectivity index (χ0v) is 23.8. The fourth-order valence-corrected chi connectivity index (χ4v) is 7.02. The van der Waals surface area contributed by atoms with Gasteiger partial charge in [-0.15, -0.1) is 11.3 Å². The molecule has 1 fully saturated rings. The first-order valence-electron chi connectivity index (χ1n) is 13.7. The molecular weight excluding hydrogens is 516 g/mol. The number of hydrogen-bond acceptors (Lipinski definition) is 7. The molecule has 4 aliphatic rings. The van der Waals surface area contributed by atoms with Crippen LogP contribution in [0.5, 0.6) is 0 Å². The molecule has 1 aliphatic carbocycles. The first-order valence-corrected chi connectivity index (χ1v) is 14.5. The summed E-state index contributed by atoms with van der Waals surface area (Å²) in [5.41, 5.74) is 10.8. The van der Waals surface area contributed by atoms with Crippen molar-refractivity contribution in [1.29, 1.82) is 5.26 Å². The Morgan fingerprint density at radius 1 is 1.36 bits per heavy atom. The van der Waals surface area contributed by atoms with Gasteiger partial charge >= 0.3 is 0 Å². The van der Waals surface area contributed by atoms with Gasteiger partial charge < -0.3 is 20.7 Å². The van der Waals surface area contributed by atoms with E-state index < -0.39 is 17.7 Å². The number of halogens is 2. The average molecular weight is 552 g/mol. The predicted octanol–water partition coefficient (Wildman–Crippen LogP) is 6.61. The van der Waals surface area contributed by atoms with E-state index in [9.17, 15) is 5.26 Å². The lowest BCUT2D eigenvalue weighted by molar-refractivity contribution is 0.206. The molecule has 3 N–H and O–H groups in total. The Bertz CT molecular complexity index is 1420. The van der Waals surface area contributed by atoms with Gasteiger partial charge in [-0.1, -0.05) is 31.9 Å². The molecule has 0 bridgehead atoms. The van der Waals surface area contributed by atoms with Gasteiger partial charge in [0.2, 0.25) is 0 Å². The van der Waals surface area contributed by atoms with E-state index in [4.69, 9.17) is 15.5 Å². The summed E-state index contributed by atoms with van der Waals surface area (Å²) in [6, 6.07) is 1.33. The van der Waals surface area contributed by atoms with Crippen LogP contribution in [-0.4, -0.2) is 43.2 Å². The summed E-state index contributed by atoms with van der Waals surface area (Å²) < 4.78 is 37.9. The molecule has 1 aromatic heterocycles. The minimum absolute atomic E-state index is 0.172. The summed E-state index contributed by atoms with van der Waals surface area (Å²) >= 11 is 1.02. The monoisotopic (exact) mass is 551 g/mol. The molecule has 2 unspecified atom stereocenters. The van der Waals surface area contributed by atoms with Crippen LogP contribution in [0.4, 0.5) is 13.8 Å². The number of hydrogen-bond donors (Lipinski definition) is 2. The van der Waals surface area contributed by atoms with Crippen molar-refractivity contribution in [3.63, 3.8) is 0 Å². The Labute approximate surface area is 232 Å². The van der Waals surface area contributed by atoms with E-state index in [2.05, 4.69) is 23.2 Å². The van der Waals surface area contributed by atoms with Crippen LogP contribution in [0, 0.1) is 17.2 Å². The van der Waals surface area contributed by atoms with Gasteiger partial charge in [0.1, 0.15) is 28.8 Å². The fourth-order valence-electron chi connectivity index (χ4n) is 6.02. The Morgan fingerprint density at radius 2 is 2.13 bits per heavy atom.